The first kappa shape index (κ1) is 11.7. The van der Waals surface area contributed by atoms with Crippen LogP contribution in [0.5, 0.6) is 0 Å². The smallest absolute Gasteiger partial charge is 0.163 e. The Labute approximate surface area is 101 Å². The molecule has 1 aromatic heterocycles. The second-order valence-corrected chi connectivity index (χ2v) is 4.34. The second-order valence-electron chi connectivity index (χ2n) is 4.34. The van der Waals surface area contributed by atoms with Crippen LogP contribution in [0.25, 0.3) is 10.8 Å². The molecule has 1 aromatic carbocycles. The molecule has 0 saturated heterocycles. The molecule has 0 aliphatic heterocycles. The lowest BCUT2D eigenvalue weighted by molar-refractivity contribution is 0.0979. The molecule has 2 rings (SSSR count). The first-order chi connectivity index (χ1) is 8.18. The fraction of sp³-hybridized carbons (Fsp3) is 0.286. The van der Waals surface area contributed by atoms with Gasteiger partial charge in [0.2, 0.25) is 0 Å². The second kappa shape index (κ2) is 5.06. The van der Waals surface area contributed by atoms with Crippen LogP contribution in [0.2, 0.25) is 0 Å². The van der Waals surface area contributed by atoms with E-state index < -0.39 is 0 Å². The molecule has 1 atom stereocenters. The highest BCUT2D eigenvalue weighted by molar-refractivity contribution is 6.07. The van der Waals surface area contributed by atoms with Crippen LogP contribution in [0, 0.1) is 0 Å². The summed E-state index contributed by atoms with van der Waals surface area (Å²) in [4.78, 5) is 16.1. The maximum Gasteiger partial charge on any atom is 0.163 e. The summed E-state index contributed by atoms with van der Waals surface area (Å²) >= 11 is 0. The normalized spacial score (nSPS) is 12.6. The van der Waals surface area contributed by atoms with Gasteiger partial charge in [0.25, 0.3) is 0 Å². The highest BCUT2D eigenvalue weighted by atomic mass is 16.1. The van der Waals surface area contributed by atoms with E-state index in [-0.39, 0.29) is 11.8 Å². The number of carbonyl (C=O) groups excluding carboxylic acids is 1. The molecule has 0 saturated carbocycles. The molecule has 0 fully saturated rings. The molecule has 1 unspecified atom stereocenters. The average molecular weight is 228 g/mol. The predicted molar refractivity (Wildman–Crippen MR) is 69.0 cm³/mol. The Hall–Kier alpha value is -1.74. The molecule has 0 bridgehead atoms. The molecule has 3 nitrogen and oxygen atoms in total. The van der Waals surface area contributed by atoms with Gasteiger partial charge in [0.15, 0.2) is 5.78 Å². The zero-order valence-corrected chi connectivity index (χ0v) is 9.89. The standard InChI is InChI=1S/C14H16N2O/c1-10(15)5-6-14(17)13-4-2-3-11-9-16-8-7-12(11)13/h2-4,7-10H,5-6,15H2,1H3. The predicted octanol–water partition coefficient (Wildman–Crippen LogP) is 2.54. The van der Waals surface area contributed by atoms with Crippen LogP contribution in [0.15, 0.2) is 36.7 Å². The third kappa shape index (κ3) is 2.68. The van der Waals surface area contributed by atoms with Gasteiger partial charge in [-0.15, -0.1) is 0 Å². The number of rotatable bonds is 4. The minimum absolute atomic E-state index is 0.0654. The first-order valence-corrected chi connectivity index (χ1v) is 5.80. The molecular formula is C14H16N2O. The van der Waals surface area contributed by atoms with Crippen molar-refractivity contribution in [3.63, 3.8) is 0 Å². The third-order valence-electron chi connectivity index (χ3n) is 2.81. The number of Topliss-reactive ketones (excluding diaryl/α,β-unsaturated/α-hetero) is 1. The van der Waals surface area contributed by atoms with Crippen molar-refractivity contribution in [1.82, 2.24) is 4.98 Å². The van der Waals surface area contributed by atoms with Crippen molar-refractivity contribution < 1.29 is 4.79 Å². The molecule has 3 heteroatoms. The van der Waals surface area contributed by atoms with Crippen LogP contribution >= 0.6 is 0 Å². The van der Waals surface area contributed by atoms with Crippen molar-refractivity contribution in [2.45, 2.75) is 25.8 Å². The Kier molecular flexibility index (Phi) is 3.49. The van der Waals surface area contributed by atoms with Gasteiger partial charge in [-0.3, -0.25) is 9.78 Å². The highest BCUT2D eigenvalue weighted by Gasteiger charge is 2.10. The Balaban J connectivity index is 2.32. The number of pyridine rings is 1. The number of nitrogens with zero attached hydrogens (tertiary/aromatic N) is 1. The molecule has 0 radical (unpaired) electrons. The summed E-state index contributed by atoms with van der Waals surface area (Å²) < 4.78 is 0. The molecular weight excluding hydrogens is 212 g/mol. The summed E-state index contributed by atoms with van der Waals surface area (Å²) in [5, 5.41) is 1.97. The monoisotopic (exact) mass is 228 g/mol. The lowest BCUT2D eigenvalue weighted by atomic mass is 9.99. The number of nitrogens with two attached hydrogens (primary N) is 1. The molecule has 2 N–H and O–H groups in total. The summed E-state index contributed by atoms with van der Waals surface area (Å²) in [6.45, 7) is 1.92. The van der Waals surface area contributed by atoms with Crippen LogP contribution in [0.4, 0.5) is 0 Å². The van der Waals surface area contributed by atoms with Crippen LogP contribution < -0.4 is 5.73 Å². The van der Waals surface area contributed by atoms with Crippen molar-refractivity contribution in [2.24, 2.45) is 5.73 Å². The van der Waals surface area contributed by atoms with Crippen molar-refractivity contribution >= 4 is 16.6 Å². The first-order valence-electron chi connectivity index (χ1n) is 5.80. The molecule has 0 amide bonds. The summed E-state index contributed by atoms with van der Waals surface area (Å²) in [5.41, 5.74) is 6.44. The largest absolute Gasteiger partial charge is 0.328 e. The van der Waals surface area contributed by atoms with E-state index in [4.69, 9.17) is 5.73 Å². The third-order valence-corrected chi connectivity index (χ3v) is 2.81. The molecule has 17 heavy (non-hydrogen) atoms. The Bertz CT molecular complexity index is 529. The lowest BCUT2D eigenvalue weighted by Crippen LogP contribution is -2.16. The molecule has 0 aliphatic carbocycles. The van der Waals surface area contributed by atoms with Gasteiger partial charge in [0.1, 0.15) is 0 Å². The van der Waals surface area contributed by atoms with Gasteiger partial charge < -0.3 is 5.73 Å². The van der Waals surface area contributed by atoms with Gasteiger partial charge in [-0.2, -0.15) is 0 Å². The maximum absolute atomic E-state index is 12.1. The van der Waals surface area contributed by atoms with Gasteiger partial charge in [-0.25, -0.2) is 0 Å². The van der Waals surface area contributed by atoms with E-state index in [2.05, 4.69) is 4.98 Å². The number of carbonyl (C=O) groups is 1. The minimum atomic E-state index is 0.0654. The van der Waals surface area contributed by atoms with Crippen molar-refractivity contribution in [2.75, 3.05) is 0 Å². The maximum atomic E-state index is 12.1. The zero-order chi connectivity index (χ0) is 12.3. The average Bonchev–Trinajstić information content (AvgIpc) is 2.35. The number of benzene rings is 1. The van der Waals surface area contributed by atoms with Gasteiger partial charge >= 0.3 is 0 Å². The van der Waals surface area contributed by atoms with Gasteiger partial charge in [0, 0.05) is 35.8 Å². The summed E-state index contributed by atoms with van der Waals surface area (Å²) in [6, 6.07) is 7.67. The Morgan fingerprint density at radius 2 is 2.24 bits per heavy atom. The zero-order valence-electron chi connectivity index (χ0n) is 9.89. The fourth-order valence-corrected chi connectivity index (χ4v) is 1.86. The molecule has 0 aliphatic rings. The Morgan fingerprint density at radius 1 is 1.41 bits per heavy atom. The van der Waals surface area contributed by atoms with Gasteiger partial charge in [0.05, 0.1) is 0 Å². The number of fused-ring (bicyclic) bond motifs is 1. The van der Waals surface area contributed by atoms with Crippen molar-refractivity contribution in [3.05, 3.63) is 42.2 Å². The van der Waals surface area contributed by atoms with Gasteiger partial charge in [-0.05, 0) is 24.8 Å². The van der Waals surface area contributed by atoms with E-state index in [0.717, 1.165) is 22.8 Å². The SMILES string of the molecule is CC(N)CCC(=O)c1cccc2cnccc12. The summed E-state index contributed by atoms with van der Waals surface area (Å²) in [7, 11) is 0. The summed E-state index contributed by atoms with van der Waals surface area (Å²) in [5.74, 6) is 0.152. The molecule has 2 aromatic rings. The van der Waals surface area contributed by atoms with E-state index in [9.17, 15) is 4.79 Å². The molecule has 1 heterocycles. The number of aromatic nitrogens is 1. The van der Waals surface area contributed by atoms with E-state index in [1.165, 1.54) is 0 Å². The fourth-order valence-electron chi connectivity index (χ4n) is 1.86. The van der Waals surface area contributed by atoms with E-state index in [0.29, 0.717) is 6.42 Å². The lowest BCUT2D eigenvalue weighted by Gasteiger charge is -2.07. The van der Waals surface area contributed by atoms with Crippen LogP contribution in [0.3, 0.4) is 0 Å². The van der Waals surface area contributed by atoms with Crippen LogP contribution in [-0.4, -0.2) is 16.8 Å². The molecule has 88 valence electrons. The van der Waals surface area contributed by atoms with E-state index in [1.807, 2.05) is 31.2 Å². The van der Waals surface area contributed by atoms with Crippen molar-refractivity contribution in [3.8, 4) is 0 Å². The highest BCUT2D eigenvalue weighted by Crippen LogP contribution is 2.19. The Morgan fingerprint density at radius 3 is 3.00 bits per heavy atom. The topological polar surface area (TPSA) is 56.0 Å². The number of hydrogen-bond donors (Lipinski definition) is 1. The minimum Gasteiger partial charge on any atom is -0.328 e. The summed E-state index contributed by atoms with van der Waals surface area (Å²) in [6.07, 6.45) is 4.71. The van der Waals surface area contributed by atoms with Crippen LogP contribution in [-0.2, 0) is 0 Å². The van der Waals surface area contributed by atoms with Crippen molar-refractivity contribution in [1.29, 1.82) is 0 Å². The van der Waals surface area contributed by atoms with E-state index in [1.54, 1.807) is 12.4 Å². The van der Waals surface area contributed by atoms with E-state index >= 15 is 0 Å². The quantitative estimate of drug-likeness (QED) is 0.818. The number of hydrogen-bond acceptors (Lipinski definition) is 3. The van der Waals surface area contributed by atoms with Crippen LogP contribution in [0.1, 0.15) is 30.1 Å². The van der Waals surface area contributed by atoms with Gasteiger partial charge in [-0.1, -0.05) is 18.2 Å². The number of ketones is 1. The molecule has 0 spiro atoms.